The SMILES string of the molecule is CNc1ccc([N+](=O)[O-])c(NCc2cc(C)c(C)s2)n1. The van der Waals surface area contributed by atoms with Crippen molar-refractivity contribution in [1.29, 1.82) is 0 Å². The average molecular weight is 292 g/mol. The fourth-order valence-electron chi connectivity index (χ4n) is 1.78. The van der Waals surface area contributed by atoms with Crippen LogP contribution in [-0.4, -0.2) is 17.0 Å². The first-order valence-electron chi connectivity index (χ1n) is 6.14. The number of aryl methyl sites for hydroxylation is 2. The summed E-state index contributed by atoms with van der Waals surface area (Å²) < 4.78 is 0. The van der Waals surface area contributed by atoms with E-state index in [1.54, 1.807) is 24.5 Å². The molecule has 0 aliphatic rings. The van der Waals surface area contributed by atoms with E-state index in [0.717, 1.165) is 4.88 Å². The van der Waals surface area contributed by atoms with Gasteiger partial charge in [0.15, 0.2) is 0 Å². The molecule has 0 aromatic carbocycles. The molecule has 2 N–H and O–H groups in total. The van der Waals surface area contributed by atoms with Gasteiger partial charge in [-0.25, -0.2) is 4.98 Å². The summed E-state index contributed by atoms with van der Waals surface area (Å²) in [6.07, 6.45) is 0. The molecule has 7 heteroatoms. The highest BCUT2D eigenvalue weighted by Gasteiger charge is 2.15. The Morgan fingerprint density at radius 2 is 2.15 bits per heavy atom. The van der Waals surface area contributed by atoms with Crippen molar-refractivity contribution in [1.82, 2.24) is 4.98 Å². The molecular weight excluding hydrogens is 276 g/mol. The molecule has 2 rings (SSSR count). The van der Waals surface area contributed by atoms with Crippen LogP contribution in [-0.2, 0) is 6.54 Å². The van der Waals surface area contributed by atoms with E-state index in [-0.39, 0.29) is 11.5 Å². The van der Waals surface area contributed by atoms with Crippen molar-refractivity contribution >= 4 is 28.7 Å². The second-order valence-electron chi connectivity index (χ2n) is 4.38. The second-order valence-corrected chi connectivity index (χ2v) is 5.72. The molecule has 0 radical (unpaired) electrons. The fraction of sp³-hybridized carbons (Fsp3) is 0.308. The van der Waals surface area contributed by atoms with E-state index in [0.29, 0.717) is 12.4 Å². The Labute approximate surface area is 121 Å². The Balaban J connectivity index is 2.20. The van der Waals surface area contributed by atoms with E-state index in [9.17, 15) is 10.1 Å². The maximum absolute atomic E-state index is 11.0. The Kier molecular flexibility index (Phi) is 4.19. The van der Waals surface area contributed by atoms with Gasteiger partial charge >= 0.3 is 5.69 Å². The predicted molar refractivity (Wildman–Crippen MR) is 81.6 cm³/mol. The van der Waals surface area contributed by atoms with E-state index >= 15 is 0 Å². The molecule has 0 aliphatic carbocycles. The van der Waals surface area contributed by atoms with Crippen LogP contribution >= 0.6 is 11.3 Å². The van der Waals surface area contributed by atoms with E-state index in [1.807, 2.05) is 0 Å². The minimum Gasteiger partial charge on any atom is -0.373 e. The Morgan fingerprint density at radius 1 is 1.40 bits per heavy atom. The van der Waals surface area contributed by atoms with Crippen molar-refractivity contribution in [3.63, 3.8) is 0 Å². The van der Waals surface area contributed by atoms with Gasteiger partial charge < -0.3 is 10.6 Å². The lowest BCUT2D eigenvalue weighted by molar-refractivity contribution is -0.384. The largest absolute Gasteiger partial charge is 0.373 e. The van der Waals surface area contributed by atoms with Gasteiger partial charge in [-0.15, -0.1) is 11.3 Å². The zero-order valence-electron chi connectivity index (χ0n) is 11.6. The van der Waals surface area contributed by atoms with Gasteiger partial charge in [-0.3, -0.25) is 10.1 Å². The monoisotopic (exact) mass is 292 g/mol. The Hall–Kier alpha value is -2.15. The van der Waals surface area contributed by atoms with Crippen LogP contribution < -0.4 is 10.6 Å². The van der Waals surface area contributed by atoms with Crippen LogP contribution in [0.2, 0.25) is 0 Å². The first-order valence-corrected chi connectivity index (χ1v) is 6.96. The third-order valence-electron chi connectivity index (χ3n) is 2.97. The molecular formula is C13H16N4O2S. The average Bonchev–Trinajstić information content (AvgIpc) is 2.75. The van der Waals surface area contributed by atoms with Gasteiger partial charge in [0, 0.05) is 22.9 Å². The van der Waals surface area contributed by atoms with Gasteiger partial charge in [0.2, 0.25) is 5.82 Å². The Bertz CT molecular complexity index is 620. The summed E-state index contributed by atoms with van der Waals surface area (Å²) in [6.45, 7) is 4.64. The van der Waals surface area contributed by atoms with Crippen LogP contribution in [0.3, 0.4) is 0 Å². The van der Waals surface area contributed by atoms with E-state index in [4.69, 9.17) is 0 Å². The minimum absolute atomic E-state index is 0.0194. The molecule has 0 amide bonds. The van der Waals surface area contributed by atoms with E-state index in [1.165, 1.54) is 16.5 Å². The quantitative estimate of drug-likeness (QED) is 0.652. The molecule has 0 spiro atoms. The second kappa shape index (κ2) is 5.87. The number of nitrogens with zero attached hydrogens (tertiary/aromatic N) is 2. The first kappa shape index (κ1) is 14.3. The molecule has 106 valence electrons. The standard InChI is InChI=1S/C13H16N4O2S/c1-8-6-10(20-9(8)2)7-15-13-11(17(18)19)4-5-12(14-3)16-13/h4-6H,7H2,1-3H3,(H2,14,15,16). The van der Waals surface area contributed by atoms with Gasteiger partial charge in [0.1, 0.15) is 5.82 Å². The number of nitrogens with one attached hydrogen (secondary N) is 2. The maximum atomic E-state index is 11.0. The number of pyridine rings is 1. The van der Waals surface area contributed by atoms with Crippen LogP contribution in [0, 0.1) is 24.0 Å². The van der Waals surface area contributed by atoms with Crippen LogP contribution in [0.15, 0.2) is 18.2 Å². The third-order valence-corrected chi connectivity index (χ3v) is 4.13. The number of nitro groups is 1. The Morgan fingerprint density at radius 3 is 2.70 bits per heavy atom. The number of aromatic nitrogens is 1. The predicted octanol–water partition coefficient (Wildman–Crippen LogP) is 3.32. The van der Waals surface area contributed by atoms with E-state index < -0.39 is 4.92 Å². The van der Waals surface area contributed by atoms with Gasteiger partial charge in [-0.1, -0.05) is 0 Å². The van der Waals surface area contributed by atoms with Crippen molar-refractivity contribution < 1.29 is 4.92 Å². The number of hydrogen-bond acceptors (Lipinski definition) is 6. The maximum Gasteiger partial charge on any atom is 0.311 e. The van der Waals surface area contributed by atoms with Crippen molar-refractivity contribution in [2.45, 2.75) is 20.4 Å². The molecule has 0 bridgehead atoms. The van der Waals surface area contributed by atoms with Crippen molar-refractivity contribution in [2.75, 3.05) is 17.7 Å². The molecule has 2 aromatic heterocycles. The highest BCUT2D eigenvalue weighted by molar-refractivity contribution is 7.12. The molecule has 0 aliphatic heterocycles. The number of anilines is 2. The van der Waals surface area contributed by atoms with Gasteiger partial charge in [-0.2, -0.15) is 0 Å². The van der Waals surface area contributed by atoms with Gasteiger partial charge in [-0.05, 0) is 31.5 Å². The summed E-state index contributed by atoms with van der Waals surface area (Å²) in [5.41, 5.74) is 1.22. The molecule has 0 unspecified atom stereocenters. The van der Waals surface area contributed by atoms with Crippen LogP contribution in [0.25, 0.3) is 0 Å². The fourth-order valence-corrected chi connectivity index (χ4v) is 2.77. The third kappa shape index (κ3) is 3.05. The van der Waals surface area contributed by atoms with E-state index in [2.05, 4.69) is 35.5 Å². The summed E-state index contributed by atoms with van der Waals surface area (Å²) in [5.74, 6) is 0.877. The van der Waals surface area contributed by atoms with Crippen molar-refractivity contribution in [2.24, 2.45) is 0 Å². The zero-order valence-corrected chi connectivity index (χ0v) is 12.4. The normalized spacial score (nSPS) is 10.3. The summed E-state index contributed by atoms with van der Waals surface area (Å²) in [6, 6.07) is 5.12. The first-order chi connectivity index (χ1) is 9.51. The molecule has 0 saturated heterocycles. The lowest BCUT2D eigenvalue weighted by Gasteiger charge is -2.07. The molecule has 6 nitrogen and oxygen atoms in total. The van der Waals surface area contributed by atoms with Crippen LogP contribution in [0.5, 0.6) is 0 Å². The molecule has 0 atom stereocenters. The lowest BCUT2D eigenvalue weighted by Crippen LogP contribution is -2.05. The topological polar surface area (TPSA) is 80.1 Å². The van der Waals surface area contributed by atoms with Crippen LogP contribution in [0.4, 0.5) is 17.3 Å². The molecule has 0 fully saturated rings. The zero-order chi connectivity index (χ0) is 14.7. The molecule has 0 saturated carbocycles. The highest BCUT2D eigenvalue weighted by atomic mass is 32.1. The van der Waals surface area contributed by atoms with Crippen LogP contribution in [0.1, 0.15) is 15.3 Å². The van der Waals surface area contributed by atoms with Crippen molar-refractivity contribution in [3.8, 4) is 0 Å². The summed E-state index contributed by atoms with van der Waals surface area (Å²) in [7, 11) is 1.73. The molecule has 2 heterocycles. The summed E-state index contributed by atoms with van der Waals surface area (Å²) >= 11 is 1.68. The van der Waals surface area contributed by atoms with Gasteiger partial charge in [0.25, 0.3) is 0 Å². The minimum atomic E-state index is -0.431. The summed E-state index contributed by atoms with van der Waals surface area (Å²) in [5, 5.41) is 16.9. The molecule has 20 heavy (non-hydrogen) atoms. The number of thiophene rings is 1. The number of hydrogen-bond donors (Lipinski definition) is 2. The van der Waals surface area contributed by atoms with Crippen molar-refractivity contribution in [3.05, 3.63) is 43.6 Å². The smallest absolute Gasteiger partial charge is 0.311 e. The molecule has 2 aromatic rings. The lowest BCUT2D eigenvalue weighted by atomic mass is 10.3. The summed E-state index contributed by atoms with van der Waals surface area (Å²) in [4.78, 5) is 17.2. The number of rotatable bonds is 5. The van der Waals surface area contributed by atoms with Gasteiger partial charge in [0.05, 0.1) is 11.5 Å². The highest BCUT2D eigenvalue weighted by Crippen LogP contribution is 2.26.